The smallest absolute Gasteiger partial charge is 0.166 e. The minimum Gasteiger partial charge on any atom is -0.398 e. The Morgan fingerprint density at radius 1 is 0.871 bits per heavy atom. The van der Waals surface area contributed by atoms with Crippen molar-refractivity contribution in [3.8, 4) is 16.8 Å². The third-order valence-electron chi connectivity index (χ3n) is 6.34. The zero-order valence-corrected chi connectivity index (χ0v) is 17.7. The molecule has 3 aromatic heterocycles. The molecule has 2 aromatic carbocycles. The zero-order chi connectivity index (χ0) is 21.1. The van der Waals surface area contributed by atoms with E-state index < -0.39 is 0 Å². The monoisotopic (exact) mass is 405 g/mol. The van der Waals surface area contributed by atoms with Crippen LogP contribution >= 0.6 is 0 Å². The van der Waals surface area contributed by atoms with Gasteiger partial charge in [0.1, 0.15) is 0 Å². The largest absolute Gasteiger partial charge is 0.398 e. The fraction of sp³-hybridized carbons (Fsp3) is 0.192. The number of aryl methyl sites for hydroxylation is 3. The quantitative estimate of drug-likeness (QED) is 0.431. The molecule has 0 spiro atoms. The van der Waals surface area contributed by atoms with Gasteiger partial charge in [-0.25, -0.2) is 14.6 Å². The Bertz CT molecular complexity index is 1460. The van der Waals surface area contributed by atoms with Crippen molar-refractivity contribution in [3.05, 3.63) is 77.1 Å². The highest BCUT2D eigenvalue weighted by molar-refractivity contribution is 6.13. The van der Waals surface area contributed by atoms with Gasteiger partial charge in [-0.2, -0.15) is 5.10 Å². The van der Waals surface area contributed by atoms with E-state index >= 15 is 0 Å². The molecule has 1 aliphatic carbocycles. The standard InChI is InChI=1S/C26H23N5/c1-15-11-13-17(14-12-15)22-21-16(2)30-31(18-7-4-3-5-8-18)26(21)29-25-23(22)24(27)19-9-6-10-20(19)28-25/h3-5,7-8,11-14H,6,9-10H2,1-2H3,(H2,27,28,29). The molecule has 152 valence electrons. The molecule has 0 amide bonds. The van der Waals surface area contributed by atoms with Gasteiger partial charge in [0, 0.05) is 16.9 Å². The highest BCUT2D eigenvalue weighted by Crippen LogP contribution is 2.42. The van der Waals surface area contributed by atoms with E-state index in [1.54, 1.807) is 0 Å². The highest BCUT2D eigenvalue weighted by atomic mass is 15.3. The second-order valence-corrected chi connectivity index (χ2v) is 8.39. The van der Waals surface area contributed by atoms with Gasteiger partial charge >= 0.3 is 0 Å². The Hall–Kier alpha value is -3.73. The maximum absolute atomic E-state index is 6.79. The summed E-state index contributed by atoms with van der Waals surface area (Å²) in [6, 6.07) is 18.7. The van der Waals surface area contributed by atoms with Gasteiger partial charge in [0.15, 0.2) is 11.3 Å². The van der Waals surface area contributed by atoms with Gasteiger partial charge in [-0.15, -0.1) is 0 Å². The van der Waals surface area contributed by atoms with Crippen LogP contribution in [0.4, 0.5) is 5.69 Å². The molecule has 0 aliphatic heterocycles. The van der Waals surface area contributed by atoms with Crippen LogP contribution in [0.3, 0.4) is 0 Å². The van der Waals surface area contributed by atoms with Gasteiger partial charge in [-0.3, -0.25) is 0 Å². The van der Waals surface area contributed by atoms with Crippen molar-refractivity contribution in [3.63, 3.8) is 0 Å². The molecule has 0 radical (unpaired) electrons. The van der Waals surface area contributed by atoms with E-state index in [2.05, 4.69) is 31.2 Å². The fourth-order valence-corrected chi connectivity index (χ4v) is 4.82. The lowest BCUT2D eigenvalue weighted by atomic mass is 9.95. The van der Waals surface area contributed by atoms with Gasteiger partial charge in [-0.1, -0.05) is 48.0 Å². The second-order valence-electron chi connectivity index (χ2n) is 8.39. The van der Waals surface area contributed by atoms with Crippen molar-refractivity contribution < 1.29 is 0 Å². The molecule has 3 heterocycles. The predicted octanol–water partition coefficient (Wildman–Crippen LogP) is 5.32. The van der Waals surface area contributed by atoms with E-state index in [0.717, 1.165) is 69.6 Å². The van der Waals surface area contributed by atoms with E-state index in [9.17, 15) is 0 Å². The number of hydrogen-bond acceptors (Lipinski definition) is 4. The molecular formula is C26H23N5. The maximum atomic E-state index is 6.79. The number of benzene rings is 2. The topological polar surface area (TPSA) is 69.6 Å². The SMILES string of the molecule is Cc1ccc(-c2c3c(N)c4c(nc3nc3c2c(C)nn3-c2ccccc2)CCC4)cc1. The van der Waals surface area contributed by atoms with Gasteiger partial charge in [0.2, 0.25) is 0 Å². The molecule has 1 aliphatic rings. The molecule has 0 unspecified atom stereocenters. The number of anilines is 1. The molecule has 31 heavy (non-hydrogen) atoms. The molecule has 6 rings (SSSR count). The van der Waals surface area contributed by atoms with Crippen LogP contribution in [0.15, 0.2) is 54.6 Å². The minimum atomic E-state index is 0.707. The molecule has 0 saturated heterocycles. The Balaban J connectivity index is 1.80. The molecule has 0 saturated carbocycles. The minimum absolute atomic E-state index is 0.707. The van der Waals surface area contributed by atoms with Crippen molar-refractivity contribution in [1.82, 2.24) is 19.7 Å². The van der Waals surface area contributed by atoms with Crippen LogP contribution in [0.25, 0.3) is 38.9 Å². The molecular weight excluding hydrogens is 382 g/mol. The normalized spacial score (nSPS) is 13.2. The van der Waals surface area contributed by atoms with E-state index in [-0.39, 0.29) is 0 Å². The summed E-state index contributed by atoms with van der Waals surface area (Å²) in [6.45, 7) is 4.15. The number of rotatable bonds is 2. The van der Waals surface area contributed by atoms with Crippen LogP contribution < -0.4 is 5.73 Å². The Morgan fingerprint density at radius 2 is 1.65 bits per heavy atom. The van der Waals surface area contributed by atoms with Gasteiger partial charge < -0.3 is 5.73 Å². The average Bonchev–Trinajstić information content (AvgIpc) is 3.39. The van der Waals surface area contributed by atoms with E-state index in [0.29, 0.717) is 5.65 Å². The van der Waals surface area contributed by atoms with Crippen LogP contribution in [-0.4, -0.2) is 19.7 Å². The molecule has 0 atom stereocenters. The summed E-state index contributed by atoms with van der Waals surface area (Å²) in [5.74, 6) is 0. The summed E-state index contributed by atoms with van der Waals surface area (Å²) >= 11 is 0. The molecule has 5 aromatic rings. The van der Waals surface area contributed by atoms with E-state index in [1.807, 2.05) is 41.9 Å². The van der Waals surface area contributed by atoms with Crippen LogP contribution in [0.2, 0.25) is 0 Å². The predicted molar refractivity (Wildman–Crippen MR) is 126 cm³/mol. The van der Waals surface area contributed by atoms with Crippen molar-refractivity contribution in [2.75, 3.05) is 5.73 Å². The summed E-state index contributed by atoms with van der Waals surface area (Å²) < 4.78 is 1.92. The number of nitrogen functional groups attached to an aromatic ring is 1. The number of hydrogen-bond donors (Lipinski definition) is 1. The summed E-state index contributed by atoms with van der Waals surface area (Å²) in [5.41, 5.74) is 16.8. The average molecular weight is 406 g/mol. The lowest BCUT2D eigenvalue weighted by molar-refractivity contribution is 0.878. The van der Waals surface area contributed by atoms with Gasteiger partial charge in [0.05, 0.1) is 22.2 Å². The summed E-state index contributed by atoms with van der Waals surface area (Å²) in [5, 5.41) is 6.87. The van der Waals surface area contributed by atoms with Gasteiger partial charge in [0.25, 0.3) is 0 Å². The van der Waals surface area contributed by atoms with Gasteiger partial charge in [-0.05, 0) is 56.4 Å². The van der Waals surface area contributed by atoms with Crippen LogP contribution in [0, 0.1) is 13.8 Å². The molecule has 0 bridgehead atoms. The third kappa shape index (κ3) is 2.66. The molecule has 5 nitrogen and oxygen atoms in total. The number of nitrogens with two attached hydrogens (primary N) is 1. The summed E-state index contributed by atoms with van der Waals surface area (Å²) in [4.78, 5) is 10.0. The van der Waals surface area contributed by atoms with Crippen molar-refractivity contribution >= 4 is 27.8 Å². The first-order chi connectivity index (χ1) is 15.1. The van der Waals surface area contributed by atoms with Crippen LogP contribution in [0.1, 0.15) is 28.9 Å². The van der Waals surface area contributed by atoms with Crippen LogP contribution in [-0.2, 0) is 12.8 Å². The highest BCUT2D eigenvalue weighted by Gasteiger charge is 2.25. The fourth-order valence-electron chi connectivity index (χ4n) is 4.82. The number of aromatic nitrogens is 4. The zero-order valence-electron chi connectivity index (χ0n) is 17.7. The molecule has 5 heteroatoms. The first kappa shape index (κ1) is 18.1. The lowest BCUT2D eigenvalue weighted by Crippen LogP contribution is -2.03. The number of nitrogens with zero attached hydrogens (tertiary/aromatic N) is 4. The first-order valence-electron chi connectivity index (χ1n) is 10.7. The second kappa shape index (κ2) is 6.64. The number of pyridine rings is 2. The maximum Gasteiger partial charge on any atom is 0.166 e. The number of fused-ring (bicyclic) bond motifs is 3. The Kier molecular flexibility index (Phi) is 3.87. The first-order valence-corrected chi connectivity index (χ1v) is 10.7. The molecule has 0 fully saturated rings. The number of para-hydroxylation sites is 1. The van der Waals surface area contributed by atoms with E-state index in [1.165, 1.54) is 11.1 Å². The van der Waals surface area contributed by atoms with Crippen LogP contribution in [0.5, 0.6) is 0 Å². The third-order valence-corrected chi connectivity index (χ3v) is 6.34. The van der Waals surface area contributed by atoms with Crippen molar-refractivity contribution in [1.29, 1.82) is 0 Å². The Morgan fingerprint density at radius 3 is 2.42 bits per heavy atom. The van der Waals surface area contributed by atoms with E-state index in [4.69, 9.17) is 20.8 Å². The van der Waals surface area contributed by atoms with Crippen molar-refractivity contribution in [2.45, 2.75) is 33.1 Å². The summed E-state index contributed by atoms with van der Waals surface area (Å²) in [6.07, 6.45) is 3.04. The molecule has 2 N–H and O–H groups in total. The van der Waals surface area contributed by atoms with Crippen molar-refractivity contribution in [2.24, 2.45) is 0 Å². The lowest BCUT2D eigenvalue weighted by Gasteiger charge is -2.14. The Labute approximate surface area is 180 Å². The summed E-state index contributed by atoms with van der Waals surface area (Å²) in [7, 11) is 0.